The molecule has 3 rings (SSSR count). The van der Waals surface area contributed by atoms with E-state index in [2.05, 4.69) is 15.5 Å². The zero-order valence-electron chi connectivity index (χ0n) is 13.6. The molecule has 0 saturated heterocycles. The fraction of sp³-hybridized carbons (Fsp3) is 0.167. The van der Waals surface area contributed by atoms with Gasteiger partial charge < -0.3 is 19.3 Å². The molecule has 128 valence electrons. The molecule has 0 aliphatic heterocycles. The van der Waals surface area contributed by atoms with Gasteiger partial charge in [-0.05, 0) is 36.4 Å². The van der Waals surface area contributed by atoms with Crippen LogP contribution >= 0.6 is 0 Å². The Labute approximate surface area is 144 Å². The minimum atomic E-state index is -0.200. The second-order valence-corrected chi connectivity index (χ2v) is 5.17. The highest BCUT2D eigenvalue weighted by Crippen LogP contribution is 2.13. The molecule has 7 nitrogen and oxygen atoms in total. The second kappa shape index (κ2) is 7.96. The van der Waals surface area contributed by atoms with Crippen molar-refractivity contribution < 1.29 is 18.8 Å². The maximum Gasteiger partial charge on any atom is 0.251 e. The number of amides is 1. The zero-order chi connectivity index (χ0) is 17.5. The topological polar surface area (TPSA) is 86.5 Å². The molecular formula is C18H17N3O4. The number of nitrogens with zero attached hydrogens (tertiary/aromatic N) is 2. The van der Waals surface area contributed by atoms with Gasteiger partial charge in [-0.25, -0.2) is 0 Å². The maximum absolute atomic E-state index is 12.1. The lowest BCUT2D eigenvalue weighted by molar-refractivity contribution is 0.0947. The lowest BCUT2D eigenvalue weighted by atomic mass is 10.2. The molecule has 0 aliphatic carbocycles. The monoisotopic (exact) mass is 339 g/mol. The van der Waals surface area contributed by atoms with Crippen LogP contribution in [0.3, 0.4) is 0 Å². The van der Waals surface area contributed by atoms with E-state index < -0.39 is 0 Å². The number of aromatic nitrogens is 2. The molecule has 1 amide bonds. The van der Waals surface area contributed by atoms with Gasteiger partial charge in [-0.3, -0.25) is 9.78 Å². The van der Waals surface area contributed by atoms with Crippen molar-refractivity contribution in [3.63, 3.8) is 0 Å². The average Bonchev–Trinajstić information content (AvgIpc) is 3.13. The summed E-state index contributed by atoms with van der Waals surface area (Å²) in [6.45, 7) is 0.521. The first-order valence-electron chi connectivity index (χ1n) is 7.64. The van der Waals surface area contributed by atoms with E-state index in [4.69, 9.17) is 14.0 Å². The number of methoxy groups -OCH3 is 1. The molecule has 3 aromatic rings. The van der Waals surface area contributed by atoms with Gasteiger partial charge in [-0.15, -0.1) is 0 Å². The van der Waals surface area contributed by atoms with E-state index in [1.54, 1.807) is 62.0 Å². The molecule has 0 atom stereocenters. The van der Waals surface area contributed by atoms with E-state index in [0.717, 1.165) is 0 Å². The van der Waals surface area contributed by atoms with Gasteiger partial charge in [0.25, 0.3) is 5.91 Å². The van der Waals surface area contributed by atoms with Crippen LogP contribution in [0.4, 0.5) is 0 Å². The summed E-state index contributed by atoms with van der Waals surface area (Å²) in [4.78, 5) is 16.0. The molecule has 0 radical (unpaired) electrons. The Kier molecular flexibility index (Phi) is 5.26. The second-order valence-electron chi connectivity index (χ2n) is 5.17. The number of hydrogen-bond donors (Lipinski definition) is 1. The molecule has 0 bridgehead atoms. The smallest absolute Gasteiger partial charge is 0.251 e. The molecule has 1 N–H and O–H groups in total. The molecule has 1 aromatic carbocycles. The summed E-state index contributed by atoms with van der Waals surface area (Å²) in [5.41, 5.74) is 1.19. The summed E-state index contributed by atoms with van der Waals surface area (Å²) in [5.74, 6) is 1.75. The predicted molar refractivity (Wildman–Crippen MR) is 89.2 cm³/mol. The van der Waals surface area contributed by atoms with Crippen molar-refractivity contribution in [1.82, 2.24) is 15.5 Å². The Balaban J connectivity index is 1.50. The largest absolute Gasteiger partial charge is 0.497 e. The third-order valence-electron chi connectivity index (χ3n) is 3.42. The zero-order valence-corrected chi connectivity index (χ0v) is 13.6. The predicted octanol–water partition coefficient (Wildman–Crippen LogP) is 2.59. The van der Waals surface area contributed by atoms with Crippen LogP contribution in [0, 0.1) is 0 Å². The summed E-state index contributed by atoms with van der Waals surface area (Å²) in [6, 6.07) is 12.1. The standard InChI is InChI=1S/C18H17N3O4/c1-23-15-4-2-13(3-5-15)18(22)20-11-17-10-14(21-25-17)12-24-16-6-8-19-9-7-16/h2-10H,11-12H2,1H3,(H,20,22). The molecule has 0 unspecified atom stereocenters. The Hall–Kier alpha value is -3.35. The first-order chi connectivity index (χ1) is 12.2. The summed E-state index contributed by atoms with van der Waals surface area (Å²) < 4.78 is 15.8. The summed E-state index contributed by atoms with van der Waals surface area (Å²) >= 11 is 0. The fourth-order valence-corrected chi connectivity index (χ4v) is 2.11. The summed E-state index contributed by atoms with van der Waals surface area (Å²) in [6.07, 6.45) is 3.30. The summed E-state index contributed by atoms with van der Waals surface area (Å²) in [5, 5.41) is 6.70. The van der Waals surface area contributed by atoms with E-state index in [1.807, 2.05) is 0 Å². The number of ether oxygens (including phenoxy) is 2. The summed E-state index contributed by atoms with van der Waals surface area (Å²) in [7, 11) is 1.58. The number of carbonyl (C=O) groups is 1. The number of rotatable bonds is 7. The fourth-order valence-electron chi connectivity index (χ4n) is 2.11. The van der Waals surface area contributed by atoms with Crippen LogP contribution in [0.25, 0.3) is 0 Å². The van der Waals surface area contributed by atoms with Crippen molar-refractivity contribution >= 4 is 5.91 Å². The van der Waals surface area contributed by atoms with Crippen molar-refractivity contribution in [2.24, 2.45) is 0 Å². The van der Waals surface area contributed by atoms with Crippen LogP contribution in [-0.2, 0) is 13.2 Å². The Morgan fingerprint density at radius 1 is 1.12 bits per heavy atom. The van der Waals surface area contributed by atoms with Gasteiger partial charge in [0, 0.05) is 24.0 Å². The molecule has 0 aliphatic rings. The van der Waals surface area contributed by atoms with E-state index in [9.17, 15) is 4.79 Å². The van der Waals surface area contributed by atoms with Crippen molar-refractivity contribution in [3.8, 4) is 11.5 Å². The van der Waals surface area contributed by atoms with Crippen molar-refractivity contribution in [3.05, 3.63) is 71.9 Å². The van der Waals surface area contributed by atoms with Crippen molar-refractivity contribution in [1.29, 1.82) is 0 Å². The minimum Gasteiger partial charge on any atom is -0.497 e. The number of nitrogens with one attached hydrogen (secondary N) is 1. The van der Waals surface area contributed by atoms with Gasteiger partial charge in [-0.2, -0.15) is 0 Å². The van der Waals surface area contributed by atoms with E-state index in [0.29, 0.717) is 28.5 Å². The first kappa shape index (κ1) is 16.5. The van der Waals surface area contributed by atoms with Crippen LogP contribution in [-0.4, -0.2) is 23.2 Å². The molecule has 0 fully saturated rings. The van der Waals surface area contributed by atoms with Crippen LogP contribution in [0.5, 0.6) is 11.5 Å². The third-order valence-corrected chi connectivity index (χ3v) is 3.42. The lowest BCUT2D eigenvalue weighted by Gasteiger charge is -2.04. The van der Waals surface area contributed by atoms with Crippen LogP contribution in [0.1, 0.15) is 21.8 Å². The minimum absolute atomic E-state index is 0.200. The van der Waals surface area contributed by atoms with Gasteiger partial charge in [0.1, 0.15) is 23.8 Å². The Morgan fingerprint density at radius 3 is 2.60 bits per heavy atom. The highest BCUT2D eigenvalue weighted by atomic mass is 16.5. The van der Waals surface area contributed by atoms with Gasteiger partial charge in [0.05, 0.1) is 13.7 Å². The van der Waals surface area contributed by atoms with Gasteiger partial charge >= 0.3 is 0 Å². The number of hydrogen-bond acceptors (Lipinski definition) is 6. The molecule has 25 heavy (non-hydrogen) atoms. The van der Waals surface area contributed by atoms with E-state index in [1.165, 1.54) is 0 Å². The average molecular weight is 339 g/mol. The molecule has 7 heteroatoms. The number of carbonyl (C=O) groups excluding carboxylic acids is 1. The normalized spacial score (nSPS) is 10.3. The highest BCUT2D eigenvalue weighted by molar-refractivity contribution is 5.94. The SMILES string of the molecule is COc1ccc(C(=O)NCc2cc(COc3ccncc3)no2)cc1. The maximum atomic E-state index is 12.1. The molecule has 2 aromatic heterocycles. The van der Waals surface area contributed by atoms with Gasteiger partial charge in [0.2, 0.25) is 0 Å². The van der Waals surface area contributed by atoms with Crippen LogP contribution < -0.4 is 14.8 Å². The number of benzene rings is 1. The quantitative estimate of drug-likeness (QED) is 0.712. The molecular weight excluding hydrogens is 322 g/mol. The van der Waals surface area contributed by atoms with E-state index in [-0.39, 0.29) is 19.1 Å². The van der Waals surface area contributed by atoms with Gasteiger partial charge in [0.15, 0.2) is 5.76 Å². The first-order valence-corrected chi connectivity index (χ1v) is 7.64. The Morgan fingerprint density at radius 2 is 1.88 bits per heavy atom. The van der Waals surface area contributed by atoms with Crippen molar-refractivity contribution in [2.45, 2.75) is 13.2 Å². The van der Waals surface area contributed by atoms with E-state index >= 15 is 0 Å². The van der Waals surface area contributed by atoms with Crippen LogP contribution in [0.15, 0.2) is 59.4 Å². The Bertz CT molecular complexity index is 816. The molecule has 0 saturated carbocycles. The van der Waals surface area contributed by atoms with Crippen molar-refractivity contribution in [2.75, 3.05) is 7.11 Å². The van der Waals surface area contributed by atoms with Crippen LogP contribution in [0.2, 0.25) is 0 Å². The third kappa shape index (κ3) is 4.57. The number of pyridine rings is 1. The highest BCUT2D eigenvalue weighted by Gasteiger charge is 2.09. The molecule has 2 heterocycles. The lowest BCUT2D eigenvalue weighted by Crippen LogP contribution is -2.22. The van der Waals surface area contributed by atoms with Gasteiger partial charge in [-0.1, -0.05) is 5.16 Å². The molecule has 0 spiro atoms.